The van der Waals surface area contributed by atoms with E-state index in [1.54, 1.807) is 29.2 Å². The minimum Gasteiger partial charge on any atom is -0.423 e. The second-order valence-electron chi connectivity index (χ2n) is 6.95. The van der Waals surface area contributed by atoms with Crippen molar-refractivity contribution in [3.8, 4) is 11.6 Å². The number of esters is 1. The van der Waals surface area contributed by atoms with Crippen molar-refractivity contribution >= 4 is 17.6 Å². The summed E-state index contributed by atoms with van der Waals surface area (Å²) in [5.41, 5.74) is 2.79. The van der Waals surface area contributed by atoms with Crippen LogP contribution in [0.1, 0.15) is 40.3 Å². The minimum absolute atomic E-state index is 0.0925. The number of hydrogen-bond acceptors (Lipinski definition) is 5. The van der Waals surface area contributed by atoms with Crippen LogP contribution in [0, 0.1) is 20.8 Å². The molecule has 0 atom stereocenters. The maximum Gasteiger partial charge on any atom is 0.345 e. The molecule has 1 fully saturated rings. The highest BCUT2D eigenvalue weighted by Gasteiger charge is 2.23. The molecule has 0 unspecified atom stereocenters. The lowest BCUT2D eigenvalue weighted by atomic mass is 10.2. The lowest BCUT2D eigenvalue weighted by Crippen LogP contribution is -2.23. The van der Waals surface area contributed by atoms with E-state index < -0.39 is 5.97 Å². The second-order valence-corrected chi connectivity index (χ2v) is 6.95. The van der Waals surface area contributed by atoms with Crippen LogP contribution in [0.4, 0.5) is 5.69 Å². The Kier molecular flexibility index (Phi) is 4.50. The Hall–Kier alpha value is -3.35. The average molecular weight is 379 g/mol. The number of ether oxygens (including phenoxy) is 1. The van der Waals surface area contributed by atoms with E-state index in [0.29, 0.717) is 35.9 Å². The molecule has 0 N–H and O–H groups in total. The molecule has 0 aliphatic carbocycles. The van der Waals surface area contributed by atoms with Crippen molar-refractivity contribution in [2.75, 3.05) is 11.4 Å². The van der Waals surface area contributed by atoms with Gasteiger partial charge in [-0.2, -0.15) is 0 Å². The van der Waals surface area contributed by atoms with Gasteiger partial charge in [0.05, 0.1) is 5.56 Å². The minimum atomic E-state index is -0.454. The van der Waals surface area contributed by atoms with E-state index in [4.69, 9.17) is 9.26 Å². The van der Waals surface area contributed by atoms with E-state index in [0.717, 1.165) is 23.5 Å². The third-order valence-electron chi connectivity index (χ3n) is 4.91. The van der Waals surface area contributed by atoms with Crippen molar-refractivity contribution < 1.29 is 18.8 Å². The Balaban J connectivity index is 1.59. The van der Waals surface area contributed by atoms with E-state index in [1.807, 2.05) is 37.5 Å². The highest BCUT2D eigenvalue weighted by molar-refractivity contribution is 5.96. The zero-order valence-electron chi connectivity index (χ0n) is 16.1. The van der Waals surface area contributed by atoms with Gasteiger partial charge in [-0.05, 0) is 45.4 Å². The zero-order chi connectivity index (χ0) is 19.8. The summed E-state index contributed by atoms with van der Waals surface area (Å²) in [5, 5.41) is 4.03. The van der Waals surface area contributed by atoms with Crippen LogP contribution in [-0.4, -0.2) is 28.1 Å². The number of aromatic nitrogens is 2. The number of rotatable bonds is 4. The van der Waals surface area contributed by atoms with E-state index in [1.165, 1.54) is 0 Å². The molecule has 3 heterocycles. The molecular weight excluding hydrogens is 358 g/mol. The summed E-state index contributed by atoms with van der Waals surface area (Å²) in [5.74, 6) is 1.37. The van der Waals surface area contributed by atoms with Crippen molar-refractivity contribution in [3.63, 3.8) is 0 Å². The molecule has 4 rings (SSSR count). The Labute approximate surface area is 162 Å². The van der Waals surface area contributed by atoms with Gasteiger partial charge in [0.15, 0.2) is 5.82 Å². The first-order valence-corrected chi connectivity index (χ1v) is 9.19. The highest BCUT2D eigenvalue weighted by atomic mass is 16.5. The van der Waals surface area contributed by atoms with E-state index in [2.05, 4.69) is 5.16 Å². The van der Waals surface area contributed by atoms with Crippen LogP contribution >= 0.6 is 0 Å². The van der Waals surface area contributed by atoms with Gasteiger partial charge in [0.1, 0.15) is 11.5 Å². The van der Waals surface area contributed by atoms with Gasteiger partial charge >= 0.3 is 5.97 Å². The Morgan fingerprint density at radius 1 is 1.18 bits per heavy atom. The number of hydrogen-bond donors (Lipinski definition) is 0. The number of amides is 1. The molecular formula is C21H21N3O4. The summed E-state index contributed by atoms with van der Waals surface area (Å²) in [6.07, 6.45) is 1.40. The number of anilines is 1. The Morgan fingerprint density at radius 3 is 2.68 bits per heavy atom. The monoisotopic (exact) mass is 379 g/mol. The summed E-state index contributed by atoms with van der Waals surface area (Å²) in [6.45, 7) is 6.24. The first kappa shape index (κ1) is 18.0. The van der Waals surface area contributed by atoms with Crippen molar-refractivity contribution in [3.05, 3.63) is 59.1 Å². The molecule has 1 amide bonds. The molecule has 1 aromatic carbocycles. The fraction of sp³-hybridized carbons (Fsp3) is 0.286. The van der Waals surface area contributed by atoms with Crippen LogP contribution in [0.2, 0.25) is 0 Å². The molecule has 1 saturated heterocycles. The van der Waals surface area contributed by atoms with E-state index in [9.17, 15) is 9.59 Å². The van der Waals surface area contributed by atoms with Gasteiger partial charge in [-0.3, -0.25) is 9.36 Å². The first-order chi connectivity index (χ1) is 13.4. The highest BCUT2D eigenvalue weighted by Crippen LogP contribution is 2.27. The molecule has 3 aromatic rings. The molecule has 1 aliphatic heterocycles. The molecule has 2 aromatic heterocycles. The van der Waals surface area contributed by atoms with Crippen LogP contribution in [-0.2, 0) is 4.79 Å². The summed E-state index contributed by atoms with van der Waals surface area (Å²) in [6, 6.07) is 10.6. The fourth-order valence-corrected chi connectivity index (χ4v) is 3.58. The van der Waals surface area contributed by atoms with Crippen LogP contribution in [0.25, 0.3) is 5.82 Å². The molecule has 0 bridgehead atoms. The van der Waals surface area contributed by atoms with Gasteiger partial charge in [-0.25, -0.2) is 4.79 Å². The maximum atomic E-state index is 12.8. The van der Waals surface area contributed by atoms with Gasteiger partial charge in [-0.15, -0.1) is 0 Å². The average Bonchev–Trinajstić information content (AvgIpc) is 3.34. The fourth-order valence-electron chi connectivity index (χ4n) is 3.58. The topological polar surface area (TPSA) is 77.6 Å². The molecule has 0 saturated carbocycles. The first-order valence-electron chi connectivity index (χ1n) is 9.19. The number of carbonyl (C=O) groups is 2. The number of carbonyl (C=O) groups excluding carboxylic acids is 2. The maximum absolute atomic E-state index is 12.8. The van der Waals surface area contributed by atoms with Crippen molar-refractivity contribution in [1.29, 1.82) is 0 Å². The number of aryl methyl sites for hydroxylation is 2. The SMILES string of the molecule is Cc1cc(-n2c(C)cc(C(=O)Oc3cccc(N4CCCC4=O)c3)c2C)no1. The van der Waals surface area contributed by atoms with Crippen LogP contribution in [0.3, 0.4) is 0 Å². The van der Waals surface area contributed by atoms with E-state index >= 15 is 0 Å². The van der Waals surface area contributed by atoms with Crippen LogP contribution in [0.15, 0.2) is 40.9 Å². The third kappa shape index (κ3) is 3.19. The summed E-state index contributed by atoms with van der Waals surface area (Å²) in [4.78, 5) is 26.4. The lowest BCUT2D eigenvalue weighted by molar-refractivity contribution is -0.117. The quantitative estimate of drug-likeness (QED) is 0.510. The molecule has 1 aliphatic rings. The number of benzene rings is 1. The molecule has 7 nitrogen and oxygen atoms in total. The smallest absolute Gasteiger partial charge is 0.345 e. The predicted octanol–water partition coefficient (Wildman–Crippen LogP) is 3.74. The van der Waals surface area contributed by atoms with Crippen LogP contribution in [0.5, 0.6) is 5.75 Å². The van der Waals surface area contributed by atoms with Crippen molar-refractivity contribution in [2.45, 2.75) is 33.6 Å². The molecule has 0 spiro atoms. The number of nitrogens with zero attached hydrogens (tertiary/aromatic N) is 3. The summed E-state index contributed by atoms with van der Waals surface area (Å²) in [7, 11) is 0. The lowest BCUT2D eigenvalue weighted by Gasteiger charge is -2.16. The predicted molar refractivity (Wildman–Crippen MR) is 103 cm³/mol. The van der Waals surface area contributed by atoms with Gasteiger partial charge in [-0.1, -0.05) is 11.2 Å². The largest absolute Gasteiger partial charge is 0.423 e. The van der Waals surface area contributed by atoms with Gasteiger partial charge in [0, 0.05) is 42.2 Å². The third-order valence-corrected chi connectivity index (χ3v) is 4.91. The van der Waals surface area contributed by atoms with E-state index in [-0.39, 0.29) is 5.91 Å². The molecule has 0 radical (unpaired) electrons. The van der Waals surface area contributed by atoms with Gasteiger partial charge in [0.2, 0.25) is 5.91 Å². The molecule has 144 valence electrons. The van der Waals surface area contributed by atoms with Crippen molar-refractivity contribution in [1.82, 2.24) is 9.72 Å². The second kappa shape index (κ2) is 6.99. The summed E-state index contributed by atoms with van der Waals surface area (Å²) < 4.78 is 12.6. The summed E-state index contributed by atoms with van der Waals surface area (Å²) >= 11 is 0. The van der Waals surface area contributed by atoms with Gasteiger partial charge in [0.25, 0.3) is 0 Å². The molecule has 28 heavy (non-hydrogen) atoms. The standard InChI is InChI=1S/C21H21N3O4/c1-13-10-18(15(3)24(13)19-11-14(2)28-22-19)21(26)27-17-7-4-6-16(12-17)23-9-5-8-20(23)25/h4,6-7,10-12H,5,8-9H2,1-3H3. The van der Waals surface area contributed by atoms with Crippen LogP contribution < -0.4 is 9.64 Å². The molecule has 7 heteroatoms. The van der Waals surface area contributed by atoms with Gasteiger partial charge < -0.3 is 14.2 Å². The Bertz CT molecular complexity index is 1060. The van der Waals surface area contributed by atoms with Crippen molar-refractivity contribution in [2.24, 2.45) is 0 Å². The zero-order valence-corrected chi connectivity index (χ0v) is 16.1. The Morgan fingerprint density at radius 2 is 2.00 bits per heavy atom. The normalized spacial score (nSPS) is 14.0.